The second-order valence-electron chi connectivity index (χ2n) is 8.45. The van der Waals surface area contributed by atoms with Crippen LogP contribution in [0.25, 0.3) is 10.9 Å². The van der Waals surface area contributed by atoms with Crippen molar-refractivity contribution in [1.82, 2.24) is 9.78 Å². The fraction of sp³-hybridized carbons (Fsp3) is 0.192. The zero-order valence-electron chi connectivity index (χ0n) is 19.3. The van der Waals surface area contributed by atoms with E-state index in [9.17, 15) is 18.0 Å². The molecule has 5 rings (SSSR count). The number of amides is 1. The molecule has 1 aliphatic heterocycles. The van der Waals surface area contributed by atoms with Crippen molar-refractivity contribution in [2.75, 3.05) is 21.9 Å². The molecule has 36 heavy (non-hydrogen) atoms. The summed E-state index contributed by atoms with van der Waals surface area (Å²) >= 11 is 0. The molecule has 1 aromatic heterocycles. The van der Waals surface area contributed by atoms with Crippen LogP contribution in [0.2, 0.25) is 0 Å². The zero-order valence-corrected chi connectivity index (χ0v) is 20.1. The monoisotopic (exact) mass is 504 g/mol. The van der Waals surface area contributed by atoms with E-state index in [1.54, 1.807) is 18.2 Å². The average Bonchev–Trinajstić information content (AvgIpc) is 3.42. The van der Waals surface area contributed by atoms with Gasteiger partial charge in [0.2, 0.25) is 15.9 Å². The largest absolute Gasteiger partial charge is 0.443 e. The van der Waals surface area contributed by atoms with Crippen molar-refractivity contribution in [3.05, 3.63) is 90.0 Å². The number of ether oxygens (including phenoxy) is 1. The number of benzene rings is 3. The molecule has 0 radical (unpaired) electrons. The number of carbonyl (C=O) groups is 2. The maximum Gasteiger partial charge on any atom is 0.435 e. The van der Waals surface area contributed by atoms with Gasteiger partial charge in [0.1, 0.15) is 6.61 Å². The highest BCUT2D eigenvalue weighted by Gasteiger charge is 2.29. The smallest absolute Gasteiger partial charge is 0.435 e. The molecule has 9 nitrogen and oxygen atoms in total. The Kier molecular flexibility index (Phi) is 6.43. The second-order valence-corrected chi connectivity index (χ2v) is 10.5. The van der Waals surface area contributed by atoms with Crippen molar-refractivity contribution in [1.29, 1.82) is 0 Å². The minimum absolute atomic E-state index is 0.0564. The Balaban J connectivity index is 1.47. The molecule has 0 atom stereocenters. The number of rotatable bonds is 6. The number of carbonyl (C=O) groups excluding carboxylic acids is 2. The Morgan fingerprint density at radius 3 is 2.31 bits per heavy atom. The molecule has 3 aromatic carbocycles. The van der Waals surface area contributed by atoms with Crippen LogP contribution in [0.15, 0.2) is 78.9 Å². The van der Waals surface area contributed by atoms with Gasteiger partial charge in [-0.1, -0.05) is 60.7 Å². The zero-order chi connectivity index (χ0) is 25.1. The lowest BCUT2D eigenvalue weighted by Gasteiger charge is -2.17. The van der Waals surface area contributed by atoms with Crippen LogP contribution >= 0.6 is 0 Å². The van der Waals surface area contributed by atoms with Gasteiger partial charge in [0.05, 0.1) is 23.4 Å². The van der Waals surface area contributed by atoms with Crippen molar-refractivity contribution < 1.29 is 22.7 Å². The van der Waals surface area contributed by atoms with E-state index in [1.807, 2.05) is 60.7 Å². The Bertz CT molecular complexity index is 1520. The lowest BCUT2D eigenvalue weighted by molar-refractivity contribution is -0.115. The summed E-state index contributed by atoms with van der Waals surface area (Å²) in [4.78, 5) is 25.7. The first-order valence-electron chi connectivity index (χ1n) is 11.5. The number of hydrogen-bond donors (Lipinski definition) is 1. The van der Waals surface area contributed by atoms with Crippen LogP contribution in [0.5, 0.6) is 0 Å². The predicted molar refractivity (Wildman–Crippen MR) is 136 cm³/mol. The molecule has 0 bridgehead atoms. The fourth-order valence-corrected chi connectivity index (χ4v) is 5.72. The quantitative estimate of drug-likeness (QED) is 0.426. The Labute approximate surface area is 208 Å². The minimum atomic E-state index is -3.41. The molecule has 1 amide bonds. The average molecular weight is 505 g/mol. The first-order valence-corrected chi connectivity index (χ1v) is 13.1. The van der Waals surface area contributed by atoms with E-state index in [0.29, 0.717) is 29.6 Å². The lowest BCUT2D eigenvalue weighted by atomic mass is 10.1. The van der Waals surface area contributed by atoms with Gasteiger partial charge >= 0.3 is 6.09 Å². The number of aromatic nitrogens is 2. The van der Waals surface area contributed by atoms with Gasteiger partial charge in [-0.2, -0.15) is 4.68 Å². The molecule has 0 aliphatic carbocycles. The molecule has 2 heterocycles. The second kappa shape index (κ2) is 9.82. The number of nitrogens with one attached hydrogen (secondary N) is 1. The molecule has 1 aliphatic rings. The van der Waals surface area contributed by atoms with E-state index >= 15 is 0 Å². The SMILES string of the molecule is O=C(Cc1ccccc1)Nc1nn(C(=O)OCc2ccccc2)c2ccc(N3CCCS3(=O)=O)cc12. The standard InChI is InChI=1S/C26H24N4O5S/c31-24(16-19-8-3-1-4-9-19)27-25-22-17-21(29-14-7-15-36(29,33)34)12-13-23(22)30(28-25)26(32)35-18-20-10-5-2-6-11-20/h1-6,8-13,17H,7,14-16,18H2,(H,27,28,31). The van der Waals surface area contributed by atoms with Gasteiger partial charge in [-0.15, -0.1) is 5.10 Å². The molecular formula is C26H24N4O5S. The number of hydrogen-bond acceptors (Lipinski definition) is 6. The van der Waals surface area contributed by atoms with Crippen LogP contribution in [-0.4, -0.2) is 42.5 Å². The van der Waals surface area contributed by atoms with Crippen molar-refractivity contribution in [2.24, 2.45) is 0 Å². The Morgan fingerprint density at radius 1 is 0.944 bits per heavy atom. The molecule has 10 heteroatoms. The van der Waals surface area contributed by atoms with Gasteiger partial charge in [-0.25, -0.2) is 13.2 Å². The van der Waals surface area contributed by atoms with E-state index in [0.717, 1.165) is 15.8 Å². The van der Waals surface area contributed by atoms with Crippen LogP contribution in [0.3, 0.4) is 0 Å². The first-order chi connectivity index (χ1) is 17.4. The van der Waals surface area contributed by atoms with Crippen LogP contribution in [-0.2, 0) is 32.6 Å². The molecule has 0 saturated carbocycles. The summed E-state index contributed by atoms with van der Waals surface area (Å²) < 4.78 is 32.8. The van der Waals surface area contributed by atoms with Crippen molar-refractivity contribution in [3.63, 3.8) is 0 Å². The molecule has 0 unspecified atom stereocenters. The summed E-state index contributed by atoms with van der Waals surface area (Å²) in [7, 11) is -3.41. The van der Waals surface area contributed by atoms with Gasteiger partial charge in [-0.05, 0) is 35.7 Å². The van der Waals surface area contributed by atoms with Crippen LogP contribution < -0.4 is 9.62 Å². The van der Waals surface area contributed by atoms with Crippen LogP contribution in [0.4, 0.5) is 16.3 Å². The summed E-state index contributed by atoms with van der Waals surface area (Å²) in [5.74, 6) is -0.0813. The normalized spacial score (nSPS) is 14.6. The van der Waals surface area contributed by atoms with Crippen molar-refractivity contribution >= 4 is 44.4 Å². The topological polar surface area (TPSA) is 111 Å². The van der Waals surface area contributed by atoms with Gasteiger partial charge in [0, 0.05) is 11.9 Å². The van der Waals surface area contributed by atoms with E-state index in [4.69, 9.17) is 4.74 Å². The predicted octanol–water partition coefficient (Wildman–Crippen LogP) is 3.94. The molecule has 184 valence electrons. The third-order valence-corrected chi connectivity index (χ3v) is 7.76. The number of anilines is 2. The van der Waals surface area contributed by atoms with E-state index < -0.39 is 16.1 Å². The van der Waals surface area contributed by atoms with Crippen molar-refractivity contribution in [3.8, 4) is 0 Å². The van der Waals surface area contributed by atoms with Gasteiger partial charge < -0.3 is 10.1 Å². The fourth-order valence-electron chi connectivity index (χ4n) is 4.16. The molecule has 1 saturated heterocycles. The molecular weight excluding hydrogens is 480 g/mol. The number of nitrogens with zero attached hydrogens (tertiary/aromatic N) is 3. The summed E-state index contributed by atoms with van der Waals surface area (Å²) in [6.07, 6.45) is -0.0612. The van der Waals surface area contributed by atoms with Crippen LogP contribution in [0, 0.1) is 0 Å². The van der Waals surface area contributed by atoms with Gasteiger partial charge in [0.25, 0.3) is 0 Å². The molecule has 4 aromatic rings. The summed E-state index contributed by atoms with van der Waals surface area (Å²) in [6.45, 7) is 0.428. The number of fused-ring (bicyclic) bond motifs is 1. The first kappa shape index (κ1) is 23.6. The highest BCUT2D eigenvalue weighted by atomic mass is 32.2. The third kappa shape index (κ3) is 4.94. The maximum atomic E-state index is 12.9. The van der Waals surface area contributed by atoms with Gasteiger partial charge in [-0.3, -0.25) is 9.10 Å². The van der Waals surface area contributed by atoms with Gasteiger partial charge in [0.15, 0.2) is 5.82 Å². The summed E-state index contributed by atoms with van der Waals surface area (Å²) in [6, 6.07) is 23.4. The molecule has 0 spiro atoms. The summed E-state index contributed by atoms with van der Waals surface area (Å²) in [5.41, 5.74) is 2.49. The maximum absolute atomic E-state index is 12.9. The van der Waals surface area contributed by atoms with E-state index in [2.05, 4.69) is 10.4 Å². The molecule has 1 N–H and O–H groups in total. The van der Waals surface area contributed by atoms with Crippen molar-refractivity contribution in [2.45, 2.75) is 19.4 Å². The highest BCUT2D eigenvalue weighted by Crippen LogP contribution is 2.31. The van der Waals surface area contributed by atoms with E-state index in [1.165, 1.54) is 4.31 Å². The highest BCUT2D eigenvalue weighted by molar-refractivity contribution is 7.93. The Morgan fingerprint density at radius 2 is 1.64 bits per heavy atom. The Hall–Kier alpha value is -4.18. The summed E-state index contributed by atoms with van der Waals surface area (Å²) in [5, 5.41) is 7.54. The third-order valence-electron chi connectivity index (χ3n) is 5.89. The lowest BCUT2D eigenvalue weighted by Crippen LogP contribution is -2.25. The van der Waals surface area contributed by atoms with Crippen LogP contribution in [0.1, 0.15) is 17.5 Å². The number of sulfonamides is 1. The van der Waals surface area contributed by atoms with E-state index in [-0.39, 0.29) is 30.5 Å². The minimum Gasteiger partial charge on any atom is -0.443 e. The molecule has 1 fully saturated rings.